The maximum Gasteiger partial charge on any atom is 0.407 e. The number of rotatable bonds is 11. The lowest BCUT2D eigenvalue weighted by molar-refractivity contribution is -0.138. The van der Waals surface area contributed by atoms with E-state index >= 15 is 0 Å². The Morgan fingerprint density at radius 3 is 1.65 bits per heavy atom. The molecule has 0 unspecified atom stereocenters. The molecule has 6 aliphatic rings. The van der Waals surface area contributed by atoms with Crippen molar-refractivity contribution >= 4 is 58.1 Å². The third-order valence-electron chi connectivity index (χ3n) is 15.1. The maximum absolute atomic E-state index is 14.3. The van der Waals surface area contributed by atoms with Gasteiger partial charge in [0.2, 0.25) is 11.8 Å². The van der Waals surface area contributed by atoms with E-state index in [1.54, 1.807) is 0 Å². The molecule has 0 spiro atoms. The molecule has 0 radical (unpaired) electrons. The first kappa shape index (κ1) is 44.7. The molecule has 5 aromatic rings. The number of nitrogens with one attached hydrogen (secondary N) is 4. The zero-order valence-corrected chi connectivity index (χ0v) is 39.2. The number of likely N-dealkylation sites (tertiary alicyclic amines) is 2. The summed E-state index contributed by atoms with van der Waals surface area (Å²) < 4.78 is 20.9. The van der Waals surface area contributed by atoms with E-state index in [1.807, 2.05) is 58.3 Å². The number of carbonyl (C=O) groups excluding carboxylic acids is 4. The summed E-state index contributed by atoms with van der Waals surface area (Å²) in [7, 11) is 2.61. The monoisotopic (exact) mass is 965 g/mol. The van der Waals surface area contributed by atoms with E-state index in [4.69, 9.17) is 57.1 Å². The quantitative estimate of drug-likeness (QED) is 0.101. The van der Waals surface area contributed by atoms with E-state index < -0.39 is 24.3 Å². The first-order chi connectivity index (χ1) is 33.1. The second-order valence-electron chi connectivity index (χ2n) is 19.0. The third kappa shape index (κ3) is 8.45. The summed E-state index contributed by atoms with van der Waals surface area (Å²) in [4.78, 5) is 78.6. The smallest absolute Gasteiger partial charge is 0.407 e. The number of halogens is 2. The van der Waals surface area contributed by atoms with Crippen LogP contribution in [0.1, 0.15) is 75.1 Å². The normalized spacial score (nSPS) is 25.4. The van der Waals surface area contributed by atoms with Crippen molar-refractivity contribution in [3.63, 3.8) is 0 Å². The first-order valence-corrected chi connectivity index (χ1v) is 24.3. The lowest BCUT2D eigenvalue weighted by Gasteiger charge is -2.35. The second-order valence-corrected chi connectivity index (χ2v) is 19.7. The first-order valence-electron chi connectivity index (χ1n) is 23.6. The van der Waals surface area contributed by atoms with Crippen LogP contribution in [-0.2, 0) is 28.5 Å². The Morgan fingerprint density at radius 2 is 1.12 bits per heavy atom. The van der Waals surface area contributed by atoms with Crippen molar-refractivity contribution in [3.05, 3.63) is 76.6 Å². The molecule has 7 heterocycles. The number of hydrogen-bond donors (Lipinski definition) is 4. The van der Waals surface area contributed by atoms with E-state index in [9.17, 15) is 19.2 Å². The molecule has 17 nitrogen and oxygen atoms in total. The number of hydrogen-bond acceptors (Lipinski definition) is 11. The number of aromatic nitrogens is 5. The standard InChI is InChI=1S/C49H53Cl2N9O8/c1-65-48(63)55-39(26-11-15-67-16-12-26)46(61)59-34-20-30(34)22-36(59)44-53-38(42(50)57-44)25-5-3-24(4-6-25)28-7-9-32-29(19-28)8-10-33(52-32)41-43(51)58-45(54-41)37-23-31-21-35(31)60(37)47(62)40(56-49(64)66-2)27-13-17-68-18-14-27/h3-10,19,26-27,30-31,34-37,39-40H,11-18,20-23H2,1-2H3,(H,53,57)(H,54,58)(H,55,63)(H,56,64)/t30-,31-,34-,35-,36+,37+,39+,40+/m1/s1. The van der Waals surface area contributed by atoms with Gasteiger partial charge in [0.05, 0.1) is 43.2 Å². The Balaban J connectivity index is 0.789. The average molecular weight is 967 g/mol. The van der Waals surface area contributed by atoms with Crippen LogP contribution >= 0.6 is 23.2 Å². The minimum absolute atomic E-state index is 0.0591. The molecule has 2 aliphatic carbocycles. The number of carbonyl (C=O) groups is 4. The number of benzene rings is 2. The van der Waals surface area contributed by atoms with Crippen LogP contribution in [-0.4, -0.2) is 124 Å². The summed E-state index contributed by atoms with van der Waals surface area (Å²) >= 11 is 13.6. The van der Waals surface area contributed by atoms with E-state index in [-0.39, 0.29) is 53.0 Å². The van der Waals surface area contributed by atoms with Gasteiger partial charge in [-0.3, -0.25) is 9.59 Å². The maximum atomic E-state index is 14.3. The summed E-state index contributed by atoms with van der Waals surface area (Å²) in [5.74, 6) is 1.58. The number of alkyl carbamates (subject to hydrolysis) is 2. The molecule has 4 aliphatic heterocycles. The number of pyridine rings is 1. The Hall–Kier alpha value is -5.75. The minimum Gasteiger partial charge on any atom is -0.453 e. The van der Waals surface area contributed by atoms with Crippen LogP contribution in [0.5, 0.6) is 0 Å². The highest BCUT2D eigenvalue weighted by Crippen LogP contribution is 2.55. The van der Waals surface area contributed by atoms with Crippen LogP contribution in [0.15, 0.2) is 54.6 Å². The Morgan fingerprint density at radius 1 is 0.632 bits per heavy atom. The highest BCUT2D eigenvalue weighted by atomic mass is 35.5. The molecule has 68 heavy (non-hydrogen) atoms. The van der Waals surface area contributed by atoms with Crippen LogP contribution in [0, 0.1) is 23.7 Å². The number of amides is 4. The molecule has 0 bridgehead atoms. The molecule has 8 atom stereocenters. The van der Waals surface area contributed by atoms with Gasteiger partial charge in [-0.15, -0.1) is 0 Å². The zero-order chi connectivity index (χ0) is 46.8. The fraction of sp³-hybridized carbons (Fsp3) is 0.490. The molecule has 356 valence electrons. The van der Waals surface area contributed by atoms with Gasteiger partial charge in [0, 0.05) is 49.5 Å². The Kier molecular flexibility index (Phi) is 12.0. The summed E-state index contributed by atoms with van der Waals surface area (Å²) in [6.07, 6.45) is 4.79. The lowest BCUT2D eigenvalue weighted by Crippen LogP contribution is -2.54. The Bertz CT molecular complexity index is 2750. The highest BCUT2D eigenvalue weighted by molar-refractivity contribution is 6.32. The van der Waals surface area contributed by atoms with Gasteiger partial charge in [-0.1, -0.05) is 59.6 Å². The summed E-state index contributed by atoms with van der Waals surface area (Å²) in [5, 5.41) is 7.20. The van der Waals surface area contributed by atoms with Gasteiger partial charge in [-0.25, -0.2) is 24.5 Å². The number of imidazole rings is 2. The third-order valence-corrected chi connectivity index (χ3v) is 15.6. The average Bonchev–Trinajstić information content (AvgIpc) is 4.08. The molecular weight excluding hydrogens is 913 g/mol. The van der Waals surface area contributed by atoms with E-state index in [2.05, 4.69) is 26.7 Å². The highest BCUT2D eigenvalue weighted by Gasteiger charge is 2.58. The molecule has 4 amide bonds. The topological polar surface area (TPSA) is 206 Å². The van der Waals surface area contributed by atoms with Gasteiger partial charge in [0.25, 0.3) is 0 Å². The van der Waals surface area contributed by atoms with Gasteiger partial charge in [-0.2, -0.15) is 0 Å². The molecule has 4 saturated heterocycles. The predicted molar refractivity (Wildman–Crippen MR) is 250 cm³/mol. The predicted octanol–water partition coefficient (Wildman–Crippen LogP) is 7.62. The molecular formula is C49H53Cl2N9O8. The van der Waals surface area contributed by atoms with Crippen LogP contribution < -0.4 is 10.6 Å². The summed E-state index contributed by atoms with van der Waals surface area (Å²) in [5.41, 5.74) is 5.50. The van der Waals surface area contributed by atoms with Crippen LogP contribution in [0.3, 0.4) is 0 Å². The number of fused-ring (bicyclic) bond motifs is 3. The van der Waals surface area contributed by atoms with E-state index in [0.29, 0.717) is 97.8 Å². The van der Waals surface area contributed by atoms with Crippen molar-refractivity contribution < 1.29 is 38.1 Å². The number of H-pyrrole nitrogens is 2. The van der Waals surface area contributed by atoms with Crippen LogP contribution in [0.2, 0.25) is 10.3 Å². The molecule has 6 fully saturated rings. The van der Waals surface area contributed by atoms with Crippen molar-refractivity contribution in [1.29, 1.82) is 0 Å². The number of methoxy groups -OCH3 is 2. The van der Waals surface area contributed by atoms with Crippen LogP contribution in [0.4, 0.5) is 9.59 Å². The van der Waals surface area contributed by atoms with E-state index in [1.165, 1.54) is 14.2 Å². The number of piperidine rings is 2. The fourth-order valence-corrected chi connectivity index (χ4v) is 11.8. The molecule has 4 N–H and O–H groups in total. The van der Waals surface area contributed by atoms with Crippen molar-refractivity contribution in [2.75, 3.05) is 40.6 Å². The minimum atomic E-state index is -0.730. The molecule has 2 aromatic carbocycles. The van der Waals surface area contributed by atoms with Crippen LogP contribution in [0.25, 0.3) is 44.7 Å². The summed E-state index contributed by atoms with van der Waals surface area (Å²) in [6.45, 7) is 2.15. The van der Waals surface area contributed by atoms with Gasteiger partial charge in [0.1, 0.15) is 29.4 Å². The van der Waals surface area contributed by atoms with E-state index in [0.717, 1.165) is 53.3 Å². The van der Waals surface area contributed by atoms with Gasteiger partial charge in [0.15, 0.2) is 10.3 Å². The molecule has 2 saturated carbocycles. The van der Waals surface area contributed by atoms with Crippen molar-refractivity contribution in [3.8, 4) is 33.8 Å². The van der Waals surface area contributed by atoms with Crippen molar-refractivity contribution in [2.24, 2.45) is 23.7 Å². The molecule has 11 rings (SSSR count). The van der Waals surface area contributed by atoms with Gasteiger partial charge in [-0.05, 0) is 104 Å². The zero-order valence-electron chi connectivity index (χ0n) is 37.7. The number of aromatic amines is 2. The fourth-order valence-electron chi connectivity index (χ4n) is 11.3. The number of ether oxygens (including phenoxy) is 4. The van der Waals surface area contributed by atoms with Gasteiger partial charge >= 0.3 is 12.2 Å². The summed E-state index contributed by atoms with van der Waals surface area (Å²) in [6, 6.07) is 16.2. The molecule has 3 aromatic heterocycles. The lowest BCUT2D eigenvalue weighted by atomic mass is 9.90. The largest absolute Gasteiger partial charge is 0.453 e. The molecule has 19 heteroatoms. The SMILES string of the molecule is COC(=O)N[C@H](C(=O)N1[C@@H]2C[C@@H]2C[C@H]1c1nc(Cl)c(-c2ccc(-c3ccc4nc(-c5[nH]c([C@@H]6C[C@H]7C[C@H]7N6C(=O)[C@@H](NC(=O)OC)C6CCOCC6)nc5Cl)ccc4c3)cc2)[nH]1)C1CCOCC1. The van der Waals surface area contributed by atoms with Crippen molar-refractivity contribution in [2.45, 2.75) is 87.6 Å². The number of nitrogens with zero attached hydrogens (tertiary/aromatic N) is 5. The van der Waals surface area contributed by atoms with Crippen molar-refractivity contribution in [1.82, 2.24) is 45.4 Å². The van der Waals surface area contributed by atoms with Gasteiger partial charge < -0.3 is 49.3 Å². The second kappa shape index (κ2) is 18.3. The Labute approximate surface area is 402 Å².